The maximum Gasteiger partial charge on any atom is 0.270 e. The molecule has 0 radical (unpaired) electrons. The smallest absolute Gasteiger partial charge is 0.270 e. The zero-order valence-corrected chi connectivity index (χ0v) is 15.6. The fourth-order valence-corrected chi connectivity index (χ4v) is 4.31. The van der Waals surface area contributed by atoms with Crippen LogP contribution in [0.25, 0.3) is 11.3 Å². The largest absolute Gasteiger partial charge is 0.340 e. The number of aromatic nitrogens is 1. The average Bonchev–Trinajstić information content (AvgIpc) is 3.16. The molecular formula is C20H26ClN3O. The van der Waals surface area contributed by atoms with Crippen LogP contribution >= 0.6 is 12.4 Å². The molecule has 2 saturated heterocycles. The Labute approximate surface area is 155 Å². The first kappa shape index (κ1) is 18.0. The molecule has 2 aliphatic rings. The van der Waals surface area contributed by atoms with E-state index in [2.05, 4.69) is 17.4 Å². The van der Waals surface area contributed by atoms with E-state index < -0.39 is 0 Å². The summed E-state index contributed by atoms with van der Waals surface area (Å²) in [6.45, 7) is 0. The maximum absolute atomic E-state index is 13.0. The van der Waals surface area contributed by atoms with Gasteiger partial charge in [0.05, 0.1) is 0 Å². The van der Waals surface area contributed by atoms with Gasteiger partial charge in [-0.25, -0.2) is 0 Å². The fourth-order valence-electron chi connectivity index (χ4n) is 4.31. The van der Waals surface area contributed by atoms with Crippen molar-refractivity contribution < 1.29 is 4.79 Å². The fraction of sp³-hybridized carbons (Fsp3) is 0.450. The van der Waals surface area contributed by atoms with Crippen LogP contribution in [0.1, 0.15) is 36.2 Å². The predicted molar refractivity (Wildman–Crippen MR) is 103 cm³/mol. The molecule has 1 aromatic carbocycles. The van der Waals surface area contributed by atoms with Crippen molar-refractivity contribution in [1.82, 2.24) is 14.8 Å². The monoisotopic (exact) mass is 359 g/mol. The van der Waals surface area contributed by atoms with Crippen LogP contribution in [0.4, 0.5) is 0 Å². The SMILES string of the molecule is CN(C(=O)c1ccc(-c2ccccc2)n1C)C1CC2CCC(C1)N2.Cl. The van der Waals surface area contributed by atoms with E-state index in [1.54, 1.807) is 0 Å². The van der Waals surface area contributed by atoms with Gasteiger partial charge in [0.15, 0.2) is 0 Å². The van der Waals surface area contributed by atoms with Crippen LogP contribution in [0.2, 0.25) is 0 Å². The van der Waals surface area contributed by atoms with Crippen LogP contribution in [0.5, 0.6) is 0 Å². The molecular weight excluding hydrogens is 334 g/mol. The number of benzene rings is 1. The van der Waals surface area contributed by atoms with Gasteiger partial charge in [0.2, 0.25) is 0 Å². The van der Waals surface area contributed by atoms with E-state index in [1.807, 2.05) is 53.9 Å². The summed E-state index contributed by atoms with van der Waals surface area (Å²) < 4.78 is 2.02. The lowest BCUT2D eigenvalue weighted by Crippen LogP contribution is -2.49. The molecule has 1 amide bonds. The number of fused-ring (bicyclic) bond motifs is 2. The van der Waals surface area contributed by atoms with Crippen molar-refractivity contribution in [1.29, 1.82) is 0 Å². The van der Waals surface area contributed by atoms with Gasteiger partial charge in [0.1, 0.15) is 5.69 Å². The molecule has 2 unspecified atom stereocenters. The molecule has 1 aromatic heterocycles. The van der Waals surface area contributed by atoms with Crippen molar-refractivity contribution >= 4 is 18.3 Å². The summed E-state index contributed by atoms with van der Waals surface area (Å²) in [7, 11) is 3.95. The van der Waals surface area contributed by atoms with E-state index in [-0.39, 0.29) is 18.3 Å². The van der Waals surface area contributed by atoms with Gasteiger partial charge in [0.25, 0.3) is 5.91 Å². The first-order chi connectivity index (χ1) is 11.6. The van der Waals surface area contributed by atoms with E-state index in [0.29, 0.717) is 18.1 Å². The number of nitrogens with zero attached hydrogens (tertiary/aromatic N) is 2. The molecule has 3 heterocycles. The van der Waals surface area contributed by atoms with E-state index >= 15 is 0 Å². The van der Waals surface area contributed by atoms with Crippen LogP contribution < -0.4 is 5.32 Å². The molecule has 134 valence electrons. The normalized spacial score (nSPS) is 24.6. The number of rotatable bonds is 3. The molecule has 1 N–H and O–H groups in total. The predicted octanol–water partition coefficient (Wildman–Crippen LogP) is 3.47. The summed E-state index contributed by atoms with van der Waals surface area (Å²) >= 11 is 0. The van der Waals surface area contributed by atoms with Crippen molar-refractivity contribution in [2.75, 3.05) is 7.05 Å². The first-order valence-electron chi connectivity index (χ1n) is 8.88. The molecule has 4 nitrogen and oxygen atoms in total. The number of halogens is 1. The maximum atomic E-state index is 13.0. The minimum absolute atomic E-state index is 0. The number of carbonyl (C=O) groups is 1. The second-order valence-corrected chi connectivity index (χ2v) is 7.21. The number of amides is 1. The number of hydrogen-bond acceptors (Lipinski definition) is 2. The van der Waals surface area contributed by atoms with Crippen molar-refractivity contribution in [2.45, 2.75) is 43.8 Å². The molecule has 0 aliphatic carbocycles. The first-order valence-corrected chi connectivity index (χ1v) is 8.88. The lowest BCUT2D eigenvalue weighted by molar-refractivity contribution is 0.0672. The van der Waals surface area contributed by atoms with Crippen LogP contribution in [-0.2, 0) is 7.05 Å². The molecule has 5 heteroatoms. The van der Waals surface area contributed by atoms with E-state index in [9.17, 15) is 4.79 Å². The van der Waals surface area contributed by atoms with Gasteiger partial charge < -0.3 is 14.8 Å². The molecule has 4 rings (SSSR count). The second kappa shape index (κ2) is 7.22. The van der Waals surface area contributed by atoms with Gasteiger partial charge in [-0.2, -0.15) is 0 Å². The third kappa shape index (κ3) is 3.33. The zero-order chi connectivity index (χ0) is 16.7. The van der Waals surface area contributed by atoms with Gasteiger partial charge in [-0.1, -0.05) is 30.3 Å². The standard InChI is InChI=1S/C20H25N3O.ClH/c1-22(17-12-15-8-9-16(13-17)21-15)20(24)19-11-10-18(23(19)2)14-6-4-3-5-7-14;/h3-7,10-11,15-17,21H,8-9,12-13H2,1-2H3;1H. The summed E-state index contributed by atoms with van der Waals surface area (Å²) in [6.07, 6.45) is 4.67. The Morgan fingerprint density at radius 3 is 2.36 bits per heavy atom. The molecule has 2 bridgehead atoms. The molecule has 2 fully saturated rings. The third-order valence-electron chi connectivity index (χ3n) is 5.73. The molecule has 2 aromatic rings. The van der Waals surface area contributed by atoms with Gasteiger partial charge in [0, 0.05) is 37.9 Å². The van der Waals surface area contributed by atoms with E-state index in [0.717, 1.165) is 29.8 Å². The summed E-state index contributed by atoms with van der Waals surface area (Å²) in [5, 5.41) is 3.65. The number of hydrogen-bond donors (Lipinski definition) is 1. The summed E-state index contributed by atoms with van der Waals surface area (Å²) in [5.74, 6) is 0.131. The van der Waals surface area contributed by atoms with Gasteiger partial charge in [-0.15, -0.1) is 12.4 Å². The molecule has 0 saturated carbocycles. The summed E-state index contributed by atoms with van der Waals surface area (Å²) in [5.41, 5.74) is 2.99. The van der Waals surface area contributed by atoms with Gasteiger partial charge in [-0.3, -0.25) is 4.79 Å². The third-order valence-corrected chi connectivity index (χ3v) is 5.73. The van der Waals surface area contributed by atoms with Gasteiger partial charge in [-0.05, 0) is 43.4 Å². The number of piperidine rings is 1. The highest BCUT2D eigenvalue weighted by Gasteiger charge is 2.36. The Hall–Kier alpha value is -1.78. The lowest BCUT2D eigenvalue weighted by Gasteiger charge is -2.35. The van der Waals surface area contributed by atoms with Crippen molar-refractivity contribution in [2.24, 2.45) is 7.05 Å². The van der Waals surface area contributed by atoms with E-state index in [4.69, 9.17) is 0 Å². The van der Waals surface area contributed by atoms with Crippen molar-refractivity contribution in [3.8, 4) is 11.3 Å². The molecule has 0 spiro atoms. The lowest BCUT2D eigenvalue weighted by atomic mass is 9.98. The molecule has 2 atom stereocenters. The quantitative estimate of drug-likeness (QED) is 0.911. The van der Waals surface area contributed by atoms with E-state index in [1.165, 1.54) is 12.8 Å². The Kier molecular flexibility index (Phi) is 5.21. The highest BCUT2D eigenvalue weighted by Crippen LogP contribution is 2.30. The topological polar surface area (TPSA) is 37.3 Å². The summed E-state index contributed by atoms with van der Waals surface area (Å²) in [4.78, 5) is 15.0. The minimum atomic E-state index is 0. The highest BCUT2D eigenvalue weighted by atomic mass is 35.5. The summed E-state index contributed by atoms with van der Waals surface area (Å²) in [6, 6.07) is 15.8. The minimum Gasteiger partial charge on any atom is -0.340 e. The van der Waals surface area contributed by atoms with Crippen LogP contribution in [-0.4, -0.2) is 40.5 Å². The Bertz CT molecular complexity index is 731. The number of carbonyl (C=O) groups excluding carboxylic acids is 1. The highest BCUT2D eigenvalue weighted by molar-refractivity contribution is 5.94. The molecule has 2 aliphatic heterocycles. The number of nitrogens with one attached hydrogen (secondary N) is 1. The zero-order valence-electron chi connectivity index (χ0n) is 14.8. The van der Waals surface area contributed by atoms with Crippen LogP contribution in [0.15, 0.2) is 42.5 Å². The van der Waals surface area contributed by atoms with Crippen LogP contribution in [0.3, 0.4) is 0 Å². The second-order valence-electron chi connectivity index (χ2n) is 7.21. The Morgan fingerprint density at radius 2 is 1.72 bits per heavy atom. The van der Waals surface area contributed by atoms with Crippen molar-refractivity contribution in [3.63, 3.8) is 0 Å². The van der Waals surface area contributed by atoms with Crippen molar-refractivity contribution in [3.05, 3.63) is 48.2 Å². The Balaban J connectivity index is 0.00000182. The molecule has 25 heavy (non-hydrogen) atoms. The average molecular weight is 360 g/mol. The van der Waals surface area contributed by atoms with Crippen LogP contribution in [0, 0.1) is 0 Å². The Morgan fingerprint density at radius 1 is 1.08 bits per heavy atom. The van der Waals surface area contributed by atoms with Gasteiger partial charge >= 0.3 is 0 Å².